The molecule has 0 radical (unpaired) electrons. The number of rotatable bonds is 3. The van der Waals surface area contributed by atoms with Crippen LogP contribution in [0.1, 0.15) is 4.88 Å². The zero-order valence-electron chi connectivity index (χ0n) is 5.66. The summed E-state index contributed by atoms with van der Waals surface area (Å²) in [4.78, 5) is 1.20. The van der Waals surface area contributed by atoms with E-state index in [9.17, 15) is 0 Å². The summed E-state index contributed by atoms with van der Waals surface area (Å²) in [6.45, 7) is 3.50. The Bertz CT molecular complexity index is 191. The molecular formula is C8H10OS. The first kappa shape index (κ1) is 7.51. The van der Waals surface area contributed by atoms with Gasteiger partial charge in [-0.2, -0.15) is 0 Å². The maximum Gasteiger partial charge on any atom is 0.0766 e. The minimum absolute atomic E-state index is 0.390. The summed E-state index contributed by atoms with van der Waals surface area (Å²) in [5, 5.41) is 11.1. The van der Waals surface area contributed by atoms with Crippen molar-refractivity contribution in [2.75, 3.05) is 0 Å². The first-order valence-electron chi connectivity index (χ1n) is 3.16. The van der Waals surface area contributed by atoms with Gasteiger partial charge in [-0.25, -0.2) is 0 Å². The lowest BCUT2D eigenvalue weighted by molar-refractivity contribution is 0.225. The first-order valence-corrected chi connectivity index (χ1v) is 4.04. The smallest absolute Gasteiger partial charge is 0.0766 e. The molecule has 0 amide bonds. The lowest BCUT2D eigenvalue weighted by Crippen LogP contribution is -2.03. The fourth-order valence-electron chi connectivity index (χ4n) is 0.718. The van der Waals surface area contributed by atoms with Crippen molar-refractivity contribution >= 4 is 11.3 Å². The summed E-state index contributed by atoms with van der Waals surface area (Å²) >= 11 is 1.66. The summed E-state index contributed by atoms with van der Waals surface area (Å²) in [6, 6.07) is 3.99. The van der Waals surface area contributed by atoms with E-state index < -0.39 is 6.10 Å². The topological polar surface area (TPSA) is 20.2 Å². The van der Waals surface area contributed by atoms with Crippen LogP contribution in [0.15, 0.2) is 30.2 Å². The highest BCUT2D eigenvalue weighted by atomic mass is 32.1. The number of aliphatic hydroxyl groups excluding tert-OH is 1. The molecule has 0 aromatic carbocycles. The van der Waals surface area contributed by atoms with Gasteiger partial charge in [-0.15, -0.1) is 17.9 Å². The summed E-state index contributed by atoms with van der Waals surface area (Å²) in [6.07, 6.45) is 1.86. The van der Waals surface area contributed by atoms with Gasteiger partial charge in [0.2, 0.25) is 0 Å². The van der Waals surface area contributed by atoms with E-state index in [0.29, 0.717) is 6.42 Å². The fourth-order valence-corrected chi connectivity index (χ4v) is 1.47. The van der Waals surface area contributed by atoms with Gasteiger partial charge in [0.05, 0.1) is 6.10 Å². The van der Waals surface area contributed by atoms with Crippen molar-refractivity contribution in [2.24, 2.45) is 0 Å². The SMILES string of the molecule is C=CC(O)Cc1cccs1. The Morgan fingerprint density at radius 3 is 3.10 bits per heavy atom. The molecule has 1 heterocycles. The lowest BCUT2D eigenvalue weighted by atomic mass is 10.2. The molecule has 2 heteroatoms. The fraction of sp³-hybridized carbons (Fsp3) is 0.250. The van der Waals surface area contributed by atoms with Gasteiger partial charge in [-0.3, -0.25) is 0 Å². The molecule has 0 aliphatic heterocycles. The molecule has 0 aliphatic carbocycles. The highest BCUT2D eigenvalue weighted by molar-refractivity contribution is 7.09. The van der Waals surface area contributed by atoms with Crippen molar-refractivity contribution < 1.29 is 5.11 Å². The van der Waals surface area contributed by atoms with Crippen LogP contribution in [-0.2, 0) is 6.42 Å². The molecule has 0 spiro atoms. The monoisotopic (exact) mass is 154 g/mol. The maximum absolute atomic E-state index is 9.12. The van der Waals surface area contributed by atoms with Crippen LogP contribution in [-0.4, -0.2) is 11.2 Å². The van der Waals surface area contributed by atoms with E-state index in [1.165, 1.54) is 4.88 Å². The third-order valence-corrected chi connectivity index (χ3v) is 2.16. The molecule has 54 valence electrons. The molecule has 10 heavy (non-hydrogen) atoms. The lowest BCUT2D eigenvalue weighted by Gasteiger charge is -2.00. The van der Waals surface area contributed by atoms with Crippen molar-refractivity contribution in [3.63, 3.8) is 0 Å². The predicted octanol–water partition coefficient (Wildman–Crippen LogP) is 1.84. The molecule has 0 aliphatic rings. The van der Waals surface area contributed by atoms with Crippen molar-refractivity contribution in [1.82, 2.24) is 0 Å². The molecule has 1 nitrogen and oxygen atoms in total. The molecule has 1 N–H and O–H groups in total. The van der Waals surface area contributed by atoms with Crippen LogP contribution in [0, 0.1) is 0 Å². The molecule has 0 saturated carbocycles. The highest BCUT2D eigenvalue weighted by Crippen LogP contribution is 2.10. The number of hydrogen-bond donors (Lipinski definition) is 1. The van der Waals surface area contributed by atoms with Gasteiger partial charge in [-0.1, -0.05) is 12.1 Å². The molecule has 0 fully saturated rings. The van der Waals surface area contributed by atoms with Gasteiger partial charge in [0, 0.05) is 11.3 Å². The zero-order valence-corrected chi connectivity index (χ0v) is 6.47. The molecule has 0 saturated heterocycles. The highest BCUT2D eigenvalue weighted by Gasteiger charge is 1.99. The third kappa shape index (κ3) is 1.97. The van der Waals surface area contributed by atoms with Crippen molar-refractivity contribution in [2.45, 2.75) is 12.5 Å². The van der Waals surface area contributed by atoms with Crippen LogP contribution in [0.25, 0.3) is 0 Å². The van der Waals surface area contributed by atoms with E-state index in [4.69, 9.17) is 5.11 Å². The molecular weight excluding hydrogens is 144 g/mol. The Morgan fingerprint density at radius 2 is 2.60 bits per heavy atom. The van der Waals surface area contributed by atoms with Crippen LogP contribution >= 0.6 is 11.3 Å². The van der Waals surface area contributed by atoms with Crippen molar-refractivity contribution in [3.05, 3.63) is 35.0 Å². The van der Waals surface area contributed by atoms with Gasteiger partial charge in [0.1, 0.15) is 0 Å². The van der Waals surface area contributed by atoms with E-state index in [2.05, 4.69) is 6.58 Å². The Kier molecular flexibility index (Phi) is 2.66. The Morgan fingerprint density at radius 1 is 1.80 bits per heavy atom. The van der Waals surface area contributed by atoms with Gasteiger partial charge < -0.3 is 5.11 Å². The number of hydrogen-bond acceptors (Lipinski definition) is 2. The second-order valence-corrected chi connectivity index (χ2v) is 3.12. The van der Waals surface area contributed by atoms with Crippen LogP contribution in [0.3, 0.4) is 0 Å². The number of thiophene rings is 1. The Hall–Kier alpha value is -0.600. The van der Waals surface area contributed by atoms with Gasteiger partial charge >= 0.3 is 0 Å². The van der Waals surface area contributed by atoms with E-state index in [0.717, 1.165) is 0 Å². The molecule has 1 rings (SSSR count). The molecule has 1 unspecified atom stereocenters. The molecule has 0 bridgehead atoms. The predicted molar refractivity (Wildman–Crippen MR) is 44.2 cm³/mol. The largest absolute Gasteiger partial charge is 0.389 e. The van der Waals surface area contributed by atoms with Crippen molar-refractivity contribution in [1.29, 1.82) is 0 Å². The summed E-state index contributed by atoms with van der Waals surface area (Å²) < 4.78 is 0. The van der Waals surface area contributed by atoms with Gasteiger partial charge in [0.25, 0.3) is 0 Å². The van der Waals surface area contributed by atoms with Crippen LogP contribution in [0.2, 0.25) is 0 Å². The standard InChI is InChI=1S/C8H10OS/c1-2-7(9)6-8-4-3-5-10-8/h2-5,7,9H,1,6H2. The minimum atomic E-state index is -0.390. The minimum Gasteiger partial charge on any atom is -0.389 e. The number of aliphatic hydroxyl groups is 1. The zero-order chi connectivity index (χ0) is 7.40. The van der Waals surface area contributed by atoms with E-state index in [-0.39, 0.29) is 0 Å². The second-order valence-electron chi connectivity index (χ2n) is 2.09. The summed E-state index contributed by atoms with van der Waals surface area (Å²) in [5.41, 5.74) is 0. The Labute approximate surface area is 64.6 Å². The van der Waals surface area contributed by atoms with E-state index in [1.807, 2.05) is 17.5 Å². The van der Waals surface area contributed by atoms with Crippen LogP contribution in [0.5, 0.6) is 0 Å². The van der Waals surface area contributed by atoms with Gasteiger partial charge in [0.15, 0.2) is 0 Å². The van der Waals surface area contributed by atoms with E-state index >= 15 is 0 Å². The quantitative estimate of drug-likeness (QED) is 0.659. The van der Waals surface area contributed by atoms with Crippen LogP contribution < -0.4 is 0 Å². The van der Waals surface area contributed by atoms with Crippen molar-refractivity contribution in [3.8, 4) is 0 Å². The molecule has 1 atom stereocenters. The second kappa shape index (κ2) is 3.54. The summed E-state index contributed by atoms with van der Waals surface area (Å²) in [7, 11) is 0. The third-order valence-electron chi connectivity index (χ3n) is 1.26. The average molecular weight is 154 g/mol. The molecule has 1 aromatic heterocycles. The van der Waals surface area contributed by atoms with Gasteiger partial charge in [-0.05, 0) is 11.4 Å². The average Bonchev–Trinajstić information content (AvgIpc) is 2.40. The Balaban J connectivity index is 2.47. The first-order chi connectivity index (χ1) is 4.83. The maximum atomic E-state index is 9.12. The normalized spacial score (nSPS) is 12.9. The van der Waals surface area contributed by atoms with E-state index in [1.54, 1.807) is 17.4 Å². The summed E-state index contributed by atoms with van der Waals surface area (Å²) in [5.74, 6) is 0. The van der Waals surface area contributed by atoms with Crippen LogP contribution in [0.4, 0.5) is 0 Å². The molecule has 1 aromatic rings.